The number of hydrogen-bond acceptors (Lipinski definition) is 4. The van der Waals surface area contributed by atoms with E-state index in [9.17, 15) is 0 Å². The number of para-hydroxylation sites is 1. The van der Waals surface area contributed by atoms with Crippen molar-refractivity contribution >= 4 is 0 Å². The Bertz CT molecular complexity index is 637. The summed E-state index contributed by atoms with van der Waals surface area (Å²) in [4.78, 5) is 0. The molecule has 2 aromatic rings. The summed E-state index contributed by atoms with van der Waals surface area (Å²) in [6.07, 6.45) is 0. The van der Waals surface area contributed by atoms with Crippen LogP contribution in [0.1, 0.15) is 42.3 Å². The summed E-state index contributed by atoms with van der Waals surface area (Å²) in [5.74, 6) is 0.536. The summed E-state index contributed by atoms with van der Waals surface area (Å²) >= 11 is 0. The largest absolute Gasteiger partial charge is 0.222 e. The van der Waals surface area contributed by atoms with Crippen LogP contribution >= 0.6 is 0 Å². The van der Waals surface area contributed by atoms with Crippen LogP contribution < -0.4 is 23.2 Å². The number of pyridine rings is 1. The van der Waals surface area contributed by atoms with Crippen molar-refractivity contribution in [2.24, 2.45) is 0 Å². The van der Waals surface area contributed by atoms with Crippen molar-refractivity contribution in [3.8, 4) is 5.69 Å². The molecule has 0 spiro atoms. The predicted molar refractivity (Wildman–Crippen MR) is 76.3 cm³/mol. The third kappa shape index (κ3) is 6.25. The molecule has 1 heterocycles. The van der Waals surface area contributed by atoms with E-state index in [0.717, 1.165) is 0 Å². The van der Waals surface area contributed by atoms with Crippen molar-refractivity contribution in [2.45, 2.75) is 40.5 Å². The van der Waals surface area contributed by atoms with Crippen LogP contribution in [0.2, 0.25) is 0 Å². The molecule has 0 aliphatic rings. The lowest BCUT2D eigenvalue weighted by Gasteiger charge is -2.17. The second kappa shape index (κ2) is 7.86. The average molecular weight is 340 g/mol. The molecule has 0 bridgehead atoms. The van der Waals surface area contributed by atoms with Crippen molar-refractivity contribution in [3.05, 3.63) is 58.9 Å². The monoisotopic (exact) mass is 339 g/mol. The number of aryl methyl sites for hydroxylation is 3. The van der Waals surface area contributed by atoms with Crippen LogP contribution in [0.3, 0.4) is 0 Å². The van der Waals surface area contributed by atoms with Crippen molar-refractivity contribution in [1.29, 1.82) is 0 Å². The molecule has 6 heteroatoms. The van der Waals surface area contributed by atoms with Crippen LogP contribution in [0.25, 0.3) is 5.69 Å². The second-order valence-corrected chi connectivity index (χ2v) is 6.50. The number of rotatable bonds is 2. The lowest BCUT2D eigenvalue weighted by atomic mass is 10.0. The molecule has 0 radical (unpaired) electrons. The lowest BCUT2D eigenvalue weighted by Crippen LogP contribution is -2.68. The number of aromatic nitrogens is 1. The molecule has 1 aromatic heterocycles. The van der Waals surface area contributed by atoms with Gasteiger partial charge in [-0.3, -0.25) is 0 Å². The zero-order chi connectivity index (χ0) is 17.8. The van der Waals surface area contributed by atoms with Gasteiger partial charge in [0, 0.05) is 37.6 Å². The van der Waals surface area contributed by atoms with Crippen molar-refractivity contribution in [1.82, 2.24) is 0 Å². The zero-order valence-corrected chi connectivity index (χ0v) is 14.8. The standard InChI is InChI=1S/C17H22N.ClHO4/c1-12(2)16-8-6-7-9-17(16)18-14(4)10-13(3)11-15(18)5;2-1(3,4)5/h6-12H,1-5H3;(H,2,3,4,5)/q+1;/p-1. The van der Waals surface area contributed by atoms with Gasteiger partial charge in [0.1, 0.15) is 0 Å². The van der Waals surface area contributed by atoms with Gasteiger partial charge in [0.2, 0.25) is 5.69 Å². The van der Waals surface area contributed by atoms with Crippen LogP contribution in [-0.4, -0.2) is 0 Å². The van der Waals surface area contributed by atoms with Crippen molar-refractivity contribution < 1.29 is 33.4 Å². The van der Waals surface area contributed by atoms with Gasteiger partial charge >= 0.3 is 0 Å². The quantitative estimate of drug-likeness (QED) is 0.673. The summed E-state index contributed by atoms with van der Waals surface area (Å²) in [6.45, 7) is 11.0. The van der Waals surface area contributed by atoms with Crippen LogP contribution in [-0.2, 0) is 0 Å². The predicted octanol–water partition coefficient (Wildman–Crippen LogP) is -0.744. The number of nitrogens with zero attached hydrogens (tertiary/aromatic N) is 1. The first-order chi connectivity index (χ1) is 10.5. The molecule has 1 aromatic carbocycles. The van der Waals surface area contributed by atoms with E-state index in [4.69, 9.17) is 18.6 Å². The highest BCUT2D eigenvalue weighted by atomic mass is 35.7. The molecule has 5 nitrogen and oxygen atoms in total. The maximum absolute atomic E-state index is 8.49. The minimum atomic E-state index is -4.94. The van der Waals surface area contributed by atoms with Gasteiger partial charge in [-0.05, 0) is 18.4 Å². The van der Waals surface area contributed by atoms with Gasteiger partial charge in [0.25, 0.3) is 0 Å². The molecule has 0 saturated carbocycles. The van der Waals surface area contributed by atoms with E-state index < -0.39 is 10.2 Å². The van der Waals surface area contributed by atoms with Gasteiger partial charge in [-0.2, -0.15) is 4.57 Å². The Morgan fingerprint density at radius 2 is 1.30 bits per heavy atom. The molecule has 23 heavy (non-hydrogen) atoms. The van der Waals surface area contributed by atoms with Gasteiger partial charge in [-0.25, -0.2) is 18.6 Å². The first-order valence-corrected chi connectivity index (χ1v) is 8.45. The normalized spacial score (nSPS) is 11.2. The molecule has 0 saturated heterocycles. The minimum absolute atomic E-state index is 0.536. The van der Waals surface area contributed by atoms with E-state index >= 15 is 0 Å². The fourth-order valence-electron chi connectivity index (χ4n) is 2.67. The first-order valence-electron chi connectivity index (χ1n) is 7.21. The van der Waals surface area contributed by atoms with Crippen LogP contribution in [0, 0.1) is 31.0 Å². The molecule has 0 fully saturated rings. The smallest absolute Gasteiger partial charge is 0.214 e. The highest BCUT2D eigenvalue weighted by Crippen LogP contribution is 2.20. The summed E-state index contributed by atoms with van der Waals surface area (Å²) in [5.41, 5.74) is 6.62. The van der Waals surface area contributed by atoms with Crippen LogP contribution in [0.4, 0.5) is 0 Å². The molecule has 0 aliphatic carbocycles. The van der Waals surface area contributed by atoms with E-state index in [2.05, 4.69) is 75.6 Å². The van der Waals surface area contributed by atoms with E-state index in [1.807, 2.05) is 0 Å². The third-order valence-electron chi connectivity index (χ3n) is 3.38. The Labute approximate surface area is 139 Å². The zero-order valence-electron chi connectivity index (χ0n) is 14.0. The lowest BCUT2D eigenvalue weighted by molar-refractivity contribution is -2.00. The van der Waals surface area contributed by atoms with E-state index in [1.54, 1.807) is 0 Å². The molecule has 0 amide bonds. The molecular weight excluding hydrogens is 318 g/mol. The summed E-state index contributed by atoms with van der Waals surface area (Å²) in [5, 5.41) is 0. The molecule has 0 N–H and O–H groups in total. The summed E-state index contributed by atoms with van der Waals surface area (Å²) < 4.78 is 36.3. The van der Waals surface area contributed by atoms with Gasteiger partial charge in [-0.1, -0.05) is 32.0 Å². The van der Waals surface area contributed by atoms with Crippen molar-refractivity contribution in [3.63, 3.8) is 0 Å². The second-order valence-electron chi connectivity index (χ2n) is 5.74. The Hall–Kier alpha value is -1.50. The van der Waals surface area contributed by atoms with Gasteiger partial charge < -0.3 is 0 Å². The first kappa shape index (κ1) is 19.5. The fourth-order valence-corrected chi connectivity index (χ4v) is 2.67. The molecule has 2 rings (SSSR count). The summed E-state index contributed by atoms with van der Waals surface area (Å²) in [6, 6.07) is 13.2. The molecule has 0 atom stereocenters. The minimum Gasteiger partial charge on any atom is -0.222 e. The maximum atomic E-state index is 8.49. The van der Waals surface area contributed by atoms with E-state index in [-0.39, 0.29) is 0 Å². The molecule has 0 aliphatic heterocycles. The van der Waals surface area contributed by atoms with E-state index in [1.165, 1.54) is 28.2 Å². The Balaban J connectivity index is 0.000000463. The molecule has 126 valence electrons. The Morgan fingerprint density at radius 3 is 1.74 bits per heavy atom. The molecule has 0 unspecified atom stereocenters. The summed E-state index contributed by atoms with van der Waals surface area (Å²) in [7, 11) is -4.94. The highest BCUT2D eigenvalue weighted by molar-refractivity contribution is 5.37. The van der Waals surface area contributed by atoms with Crippen LogP contribution in [0.5, 0.6) is 0 Å². The van der Waals surface area contributed by atoms with E-state index in [0.29, 0.717) is 5.92 Å². The van der Waals surface area contributed by atoms with Gasteiger partial charge in [0.05, 0.1) is 0 Å². The Kier molecular flexibility index (Phi) is 6.68. The fraction of sp³-hybridized carbons (Fsp3) is 0.353. The van der Waals surface area contributed by atoms with Crippen LogP contribution in [0.15, 0.2) is 36.4 Å². The van der Waals surface area contributed by atoms with Gasteiger partial charge in [-0.15, -0.1) is 10.2 Å². The topological polar surface area (TPSA) is 96.1 Å². The SMILES string of the molecule is Cc1cc(C)[n+](-c2ccccc2C(C)C)c(C)c1.[O-][Cl+3]([O-])([O-])[O-]. The number of hydrogen-bond donors (Lipinski definition) is 0. The van der Waals surface area contributed by atoms with Crippen molar-refractivity contribution in [2.75, 3.05) is 0 Å². The number of halogens is 1. The maximum Gasteiger partial charge on any atom is 0.214 e. The Morgan fingerprint density at radius 1 is 0.870 bits per heavy atom. The molecular formula is C17H22ClNO4. The highest BCUT2D eigenvalue weighted by Gasteiger charge is 2.19. The van der Waals surface area contributed by atoms with Gasteiger partial charge in [0.15, 0.2) is 11.4 Å². The average Bonchev–Trinajstić information content (AvgIpc) is 2.35. The number of benzene rings is 1. The third-order valence-corrected chi connectivity index (χ3v) is 3.38.